The van der Waals surface area contributed by atoms with E-state index in [0.717, 1.165) is 22.8 Å². The van der Waals surface area contributed by atoms with Gasteiger partial charge in [0.15, 0.2) is 0 Å². The molecule has 2 rings (SSSR count). The van der Waals surface area contributed by atoms with Gasteiger partial charge in [0, 0.05) is 6.07 Å². The summed E-state index contributed by atoms with van der Waals surface area (Å²) < 4.78 is 7.93. The quantitative estimate of drug-likeness (QED) is 0.620. The third-order valence-corrected chi connectivity index (χ3v) is 1.79. The van der Waals surface area contributed by atoms with Crippen molar-refractivity contribution in [3.05, 3.63) is 18.2 Å². The SMILES string of the molecule is Oc1ccc2nsnc2c1. The van der Waals surface area contributed by atoms with Gasteiger partial charge in [-0.1, -0.05) is 0 Å². The molecule has 1 aromatic heterocycles. The lowest BCUT2D eigenvalue weighted by Crippen LogP contribution is -1.67. The second-order valence-corrected chi connectivity index (χ2v) is 2.47. The highest BCUT2D eigenvalue weighted by molar-refractivity contribution is 7.00. The molecule has 0 bridgehead atoms. The molecule has 0 saturated carbocycles. The third kappa shape index (κ3) is 0.733. The van der Waals surface area contributed by atoms with Gasteiger partial charge in [-0.15, -0.1) is 0 Å². The van der Waals surface area contributed by atoms with E-state index in [4.69, 9.17) is 5.11 Å². The van der Waals surface area contributed by atoms with Crippen LogP contribution in [0.3, 0.4) is 0 Å². The Morgan fingerprint density at radius 1 is 1.20 bits per heavy atom. The summed E-state index contributed by atoms with van der Waals surface area (Å²) in [6.45, 7) is 0. The van der Waals surface area contributed by atoms with Crippen LogP contribution < -0.4 is 0 Å². The van der Waals surface area contributed by atoms with Crippen molar-refractivity contribution in [1.29, 1.82) is 0 Å². The van der Waals surface area contributed by atoms with Gasteiger partial charge in [0.05, 0.1) is 11.7 Å². The molecule has 1 heterocycles. The Balaban J connectivity index is 2.86. The topological polar surface area (TPSA) is 46.0 Å². The first-order chi connectivity index (χ1) is 4.86. The highest BCUT2D eigenvalue weighted by atomic mass is 32.1. The van der Waals surface area contributed by atoms with Gasteiger partial charge in [-0.3, -0.25) is 0 Å². The molecule has 1 aromatic carbocycles. The van der Waals surface area contributed by atoms with Gasteiger partial charge < -0.3 is 5.11 Å². The van der Waals surface area contributed by atoms with Crippen molar-refractivity contribution in [2.75, 3.05) is 0 Å². The average molecular weight is 152 g/mol. The van der Waals surface area contributed by atoms with Crippen molar-refractivity contribution in [2.24, 2.45) is 0 Å². The number of aromatic nitrogens is 2. The van der Waals surface area contributed by atoms with E-state index in [2.05, 4.69) is 8.75 Å². The predicted molar refractivity (Wildman–Crippen MR) is 39.1 cm³/mol. The van der Waals surface area contributed by atoms with E-state index >= 15 is 0 Å². The molecule has 0 fully saturated rings. The van der Waals surface area contributed by atoms with Crippen molar-refractivity contribution in [1.82, 2.24) is 8.75 Å². The number of rotatable bonds is 0. The van der Waals surface area contributed by atoms with Crippen LogP contribution in [0.25, 0.3) is 11.0 Å². The fourth-order valence-electron chi connectivity index (χ4n) is 0.771. The fraction of sp³-hybridized carbons (Fsp3) is 0. The second kappa shape index (κ2) is 1.91. The molecule has 0 aliphatic rings. The van der Waals surface area contributed by atoms with Crippen LogP contribution in [-0.4, -0.2) is 13.9 Å². The molecule has 0 aliphatic carbocycles. The molecule has 2 aromatic rings. The zero-order chi connectivity index (χ0) is 6.97. The summed E-state index contributed by atoms with van der Waals surface area (Å²) in [5.74, 6) is 0.236. The first kappa shape index (κ1) is 5.61. The molecule has 0 aliphatic heterocycles. The first-order valence-corrected chi connectivity index (χ1v) is 3.50. The number of phenolic OH excluding ortho intramolecular Hbond substituents is 1. The van der Waals surface area contributed by atoms with Gasteiger partial charge in [-0.25, -0.2) is 0 Å². The Kier molecular flexibility index (Phi) is 1.07. The maximum absolute atomic E-state index is 8.99. The third-order valence-electron chi connectivity index (χ3n) is 1.24. The van der Waals surface area contributed by atoms with Crippen LogP contribution in [0.4, 0.5) is 0 Å². The van der Waals surface area contributed by atoms with Crippen LogP contribution in [0.15, 0.2) is 18.2 Å². The fourth-order valence-corrected chi connectivity index (χ4v) is 1.29. The zero-order valence-corrected chi connectivity index (χ0v) is 5.80. The number of fused-ring (bicyclic) bond motifs is 1. The van der Waals surface area contributed by atoms with E-state index in [-0.39, 0.29) is 5.75 Å². The molecule has 1 N–H and O–H groups in total. The standard InChI is InChI=1S/C6H4N2OS/c9-4-1-2-5-6(3-4)8-10-7-5/h1-3,9H. The molecule has 0 spiro atoms. The summed E-state index contributed by atoms with van der Waals surface area (Å²) in [5.41, 5.74) is 1.59. The van der Waals surface area contributed by atoms with Crippen molar-refractivity contribution >= 4 is 22.8 Å². The van der Waals surface area contributed by atoms with Crippen LogP contribution >= 0.6 is 11.7 Å². The van der Waals surface area contributed by atoms with Gasteiger partial charge in [0.25, 0.3) is 0 Å². The normalized spacial score (nSPS) is 10.4. The van der Waals surface area contributed by atoms with Gasteiger partial charge in [0.2, 0.25) is 0 Å². The highest BCUT2D eigenvalue weighted by Crippen LogP contribution is 2.16. The van der Waals surface area contributed by atoms with Crippen LogP contribution in [0, 0.1) is 0 Å². The number of nitrogens with zero attached hydrogens (tertiary/aromatic N) is 2. The van der Waals surface area contributed by atoms with Crippen molar-refractivity contribution in [2.45, 2.75) is 0 Å². The lowest BCUT2D eigenvalue weighted by Gasteiger charge is -1.86. The van der Waals surface area contributed by atoms with E-state index in [9.17, 15) is 0 Å². The van der Waals surface area contributed by atoms with Gasteiger partial charge >= 0.3 is 0 Å². The molecule has 0 unspecified atom stereocenters. The zero-order valence-electron chi connectivity index (χ0n) is 4.98. The number of hydrogen-bond acceptors (Lipinski definition) is 4. The summed E-state index contributed by atoms with van der Waals surface area (Å²) in [7, 11) is 0. The van der Waals surface area contributed by atoms with Gasteiger partial charge in [0.1, 0.15) is 16.8 Å². The van der Waals surface area contributed by atoms with Gasteiger partial charge in [-0.05, 0) is 12.1 Å². The summed E-state index contributed by atoms with van der Waals surface area (Å²) in [5, 5.41) is 8.99. The molecular weight excluding hydrogens is 148 g/mol. The minimum atomic E-state index is 0.236. The molecule has 3 nitrogen and oxygen atoms in total. The predicted octanol–water partition coefficient (Wildman–Crippen LogP) is 1.40. The molecular formula is C6H4N2OS. The molecule has 0 saturated heterocycles. The maximum atomic E-state index is 8.99. The Morgan fingerprint density at radius 3 is 2.90 bits per heavy atom. The molecule has 0 amide bonds. The summed E-state index contributed by atoms with van der Waals surface area (Å²) in [6.07, 6.45) is 0. The molecule has 50 valence electrons. The summed E-state index contributed by atoms with van der Waals surface area (Å²) in [6, 6.07) is 4.94. The van der Waals surface area contributed by atoms with E-state index in [1.54, 1.807) is 18.2 Å². The van der Waals surface area contributed by atoms with Crippen LogP contribution in [0.1, 0.15) is 0 Å². The van der Waals surface area contributed by atoms with E-state index in [1.807, 2.05) is 0 Å². The smallest absolute Gasteiger partial charge is 0.117 e. The highest BCUT2D eigenvalue weighted by Gasteiger charge is 1.96. The Hall–Kier alpha value is -1.16. The molecule has 0 radical (unpaired) electrons. The Morgan fingerprint density at radius 2 is 2.00 bits per heavy atom. The summed E-state index contributed by atoms with van der Waals surface area (Å²) in [4.78, 5) is 0. The minimum Gasteiger partial charge on any atom is -0.508 e. The van der Waals surface area contributed by atoms with Gasteiger partial charge in [-0.2, -0.15) is 8.75 Å². The van der Waals surface area contributed by atoms with Crippen molar-refractivity contribution in [3.8, 4) is 5.75 Å². The van der Waals surface area contributed by atoms with Crippen LogP contribution in [0.5, 0.6) is 5.75 Å². The van der Waals surface area contributed by atoms with Crippen molar-refractivity contribution in [3.63, 3.8) is 0 Å². The number of phenols is 1. The second-order valence-electron chi connectivity index (χ2n) is 1.94. The largest absolute Gasteiger partial charge is 0.508 e. The Labute approximate surface area is 61.3 Å². The molecule has 4 heteroatoms. The maximum Gasteiger partial charge on any atom is 0.117 e. The number of benzene rings is 1. The van der Waals surface area contributed by atoms with Crippen molar-refractivity contribution < 1.29 is 5.11 Å². The lowest BCUT2D eigenvalue weighted by atomic mass is 10.3. The monoisotopic (exact) mass is 152 g/mol. The number of aromatic hydroxyl groups is 1. The molecule has 0 atom stereocenters. The Bertz CT molecular complexity index is 357. The van der Waals surface area contributed by atoms with E-state index in [1.165, 1.54) is 0 Å². The average Bonchev–Trinajstić information content (AvgIpc) is 2.33. The minimum absolute atomic E-state index is 0.236. The van der Waals surface area contributed by atoms with Crippen LogP contribution in [-0.2, 0) is 0 Å². The van der Waals surface area contributed by atoms with E-state index in [0.29, 0.717) is 0 Å². The molecule has 10 heavy (non-hydrogen) atoms. The number of hydrogen-bond donors (Lipinski definition) is 1. The summed E-state index contributed by atoms with van der Waals surface area (Å²) >= 11 is 1.15. The first-order valence-electron chi connectivity index (χ1n) is 2.77. The van der Waals surface area contributed by atoms with Crippen LogP contribution in [0.2, 0.25) is 0 Å². The van der Waals surface area contributed by atoms with E-state index < -0.39 is 0 Å². The lowest BCUT2D eigenvalue weighted by molar-refractivity contribution is 0.476.